The number of urea groups is 1. The normalized spacial score (nSPS) is 13.8. The van der Waals surface area contributed by atoms with Crippen molar-refractivity contribution >= 4 is 17.6 Å². The van der Waals surface area contributed by atoms with Gasteiger partial charge < -0.3 is 10.1 Å². The number of amides is 2. The summed E-state index contributed by atoms with van der Waals surface area (Å²) in [6, 6.07) is 6.66. The largest absolute Gasteiger partial charge is 0.375 e. The molecule has 0 aliphatic rings. The number of benzene rings is 1. The molecule has 6 heteroatoms. The summed E-state index contributed by atoms with van der Waals surface area (Å²) >= 11 is 5.83. The molecule has 18 heavy (non-hydrogen) atoms. The van der Waals surface area contributed by atoms with Crippen molar-refractivity contribution in [1.29, 1.82) is 0 Å². The average Bonchev–Trinajstić information content (AvgIpc) is 2.32. The third kappa shape index (κ3) is 4.18. The maximum atomic E-state index is 11.3. The first kappa shape index (κ1) is 14.8. The van der Waals surface area contributed by atoms with Gasteiger partial charge in [-0.3, -0.25) is 4.84 Å². The van der Waals surface area contributed by atoms with Crippen LogP contribution in [0.2, 0.25) is 5.02 Å². The summed E-state index contributed by atoms with van der Waals surface area (Å²) in [5, 5.41) is 3.37. The van der Waals surface area contributed by atoms with Gasteiger partial charge in [0, 0.05) is 12.1 Å². The summed E-state index contributed by atoms with van der Waals surface area (Å²) in [5.41, 5.74) is 3.13. The molecule has 0 saturated carbocycles. The number of hydrogen-bond donors (Lipinski definition) is 2. The lowest BCUT2D eigenvalue weighted by Gasteiger charge is -2.24. The molecule has 1 rings (SSSR count). The van der Waals surface area contributed by atoms with Crippen LogP contribution >= 0.6 is 11.6 Å². The van der Waals surface area contributed by atoms with Crippen LogP contribution in [-0.4, -0.2) is 26.3 Å². The third-order valence-electron chi connectivity index (χ3n) is 2.46. The number of carbonyl (C=O) groups excluding carboxylic acids is 1. The van der Waals surface area contributed by atoms with Crippen molar-refractivity contribution in [1.82, 2.24) is 10.8 Å². The minimum Gasteiger partial charge on any atom is -0.375 e. The molecule has 0 saturated heterocycles. The van der Waals surface area contributed by atoms with E-state index in [9.17, 15) is 4.79 Å². The number of hydrogen-bond acceptors (Lipinski definition) is 3. The molecule has 0 heterocycles. The van der Waals surface area contributed by atoms with Crippen molar-refractivity contribution in [2.75, 3.05) is 14.2 Å². The summed E-state index contributed by atoms with van der Waals surface area (Å²) < 4.78 is 5.39. The zero-order valence-electron chi connectivity index (χ0n) is 10.6. The predicted molar refractivity (Wildman–Crippen MR) is 69.3 cm³/mol. The highest BCUT2D eigenvalue weighted by Crippen LogP contribution is 2.22. The highest BCUT2D eigenvalue weighted by atomic mass is 35.5. The van der Waals surface area contributed by atoms with Gasteiger partial charge in [0.15, 0.2) is 0 Å². The summed E-state index contributed by atoms with van der Waals surface area (Å²) in [4.78, 5) is 15.9. The molecule has 1 aromatic rings. The van der Waals surface area contributed by atoms with Crippen molar-refractivity contribution in [2.24, 2.45) is 0 Å². The topological polar surface area (TPSA) is 59.6 Å². The monoisotopic (exact) mass is 272 g/mol. The van der Waals surface area contributed by atoms with Crippen LogP contribution in [0.25, 0.3) is 0 Å². The van der Waals surface area contributed by atoms with Crippen molar-refractivity contribution in [3.63, 3.8) is 0 Å². The fourth-order valence-electron chi connectivity index (χ4n) is 1.69. The van der Waals surface area contributed by atoms with Gasteiger partial charge in [-0.15, -0.1) is 0 Å². The Bertz CT molecular complexity index is 383. The first-order chi connectivity index (χ1) is 8.58. The number of rotatable bonds is 5. The first-order valence-corrected chi connectivity index (χ1v) is 5.84. The van der Waals surface area contributed by atoms with Gasteiger partial charge in [0.1, 0.15) is 6.10 Å². The molecule has 2 unspecified atom stereocenters. The summed E-state index contributed by atoms with van der Waals surface area (Å²) in [6.45, 7) is 1.85. The quantitative estimate of drug-likeness (QED) is 0.809. The average molecular weight is 273 g/mol. The lowest BCUT2D eigenvalue weighted by atomic mass is 10.0. The van der Waals surface area contributed by atoms with Gasteiger partial charge >= 0.3 is 6.03 Å². The lowest BCUT2D eigenvalue weighted by Crippen LogP contribution is -2.43. The number of methoxy groups -OCH3 is 1. The van der Waals surface area contributed by atoms with E-state index < -0.39 is 6.03 Å². The molecule has 2 amide bonds. The second-order valence-electron chi connectivity index (χ2n) is 3.78. The van der Waals surface area contributed by atoms with Crippen molar-refractivity contribution in [2.45, 2.75) is 19.1 Å². The van der Waals surface area contributed by atoms with Crippen molar-refractivity contribution < 1.29 is 14.4 Å². The number of halogens is 1. The molecule has 2 N–H and O–H groups in total. The Labute approximate surface area is 111 Å². The Kier molecular flexibility index (Phi) is 5.91. The second-order valence-corrected chi connectivity index (χ2v) is 4.21. The molecule has 100 valence electrons. The zero-order chi connectivity index (χ0) is 13.5. The van der Waals surface area contributed by atoms with Crippen LogP contribution in [0.4, 0.5) is 4.79 Å². The van der Waals surface area contributed by atoms with Crippen LogP contribution < -0.4 is 10.8 Å². The minimum atomic E-state index is -0.416. The smallest absolute Gasteiger partial charge is 0.339 e. The van der Waals surface area contributed by atoms with Gasteiger partial charge in [-0.2, -0.15) is 0 Å². The van der Waals surface area contributed by atoms with Crippen LogP contribution in [-0.2, 0) is 9.57 Å². The van der Waals surface area contributed by atoms with E-state index >= 15 is 0 Å². The standard InChI is InChI=1S/C12H17ClN2O3/c1-8(14-12(16)15-18-3)11(17-2)9-4-6-10(13)7-5-9/h4-8,11H,1-3H3,(H2,14,15,16). The van der Waals surface area contributed by atoms with Crippen molar-refractivity contribution in [3.05, 3.63) is 34.9 Å². The van der Waals surface area contributed by atoms with E-state index in [-0.39, 0.29) is 12.1 Å². The third-order valence-corrected chi connectivity index (χ3v) is 2.71. The molecule has 1 aromatic carbocycles. The maximum absolute atomic E-state index is 11.3. The molecule has 0 aromatic heterocycles. The van der Waals surface area contributed by atoms with E-state index in [4.69, 9.17) is 16.3 Å². The Morgan fingerprint density at radius 2 is 1.89 bits per heavy atom. The van der Waals surface area contributed by atoms with Gasteiger partial charge in [-0.25, -0.2) is 10.3 Å². The zero-order valence-corrected chi connectivity index (χ0v) is 11.3. The van der Waals surface area contributed by atoms with E-state index in [0.29, 0.717) is 5.02 Å². The molecule has 2 atom stereocenters. The van der Waals surface area contributed by atoms with Gasteiger partial charge in [-0.1, -0.05) is 23.7 Å². The first-order valence-electron chi connectivity index (χ1n) is 5.46. The highest BCUT2D eigenvalue weighted by molar-refractivity contribution is 6.30. The maximum Gasteiger partial charge on any atom is 0.339 e. The molecular weight excluding hydrogens is 256 g/mol. The molecule has 5 nitrogen and oxygen atoms in total. The van der Waals surface area contributed by atoms with E-state index in [2.05, 4.69) is 15.6 Å². The molecule has 0 aliphatic heterocycles. The van der Waals surface area contributed by atoms with Crippen LogP contribution in [0.1, 0.15) is 18.6 Å². The molecular formula is C12H17ClN2O3. The van der Waals surface area contributed by atoms with E-state index in [1.165, 1.54) is 7.11 Å². The van der Waals surface area contributed by atoms with E-state index in [1.54, 1.807) is 19.2 Å². The molecule has 0 fully saturated rings. The number of carbonyl (C=O) groups is 1. The Balaban J connectivity index is 2.70. The van der Waals surface area contributed by atoms with Gasteiger partial charge in [-0.05, 0) is 24.6 Å². The van der Waals surface area contributed by atoms with Crippen LogP contribution in [0, 0.1) is 0 Å². The molecule has 0 radical (unpaired) electrons. The summed E-state index contributed by atoms with van der Waals surface area (Å²) in [5.74, 6) is 0. The number of nitrogens with one attached hydrogen (secondary N) is 2. The Morgan fingerprint density at radius 3 is 2.39 bits per heavy atom. The fourth-order valence-corrected chi connectivity index (χ4v) is 1.81. The highest BCUT2D eigenvalue weighted by Gasteiger charge is 2.20. The number of ether oxygens (including phenoxy) is 1. The summed E-state index contributed by atoms with van der Waals surface area (Å²) in [7, 11) is 2.96. The lowest BCUT2D eigenvalue weighted by molar-refractivity contribution is 0.0676. The van der Waals surface area contributed by atoms with E-state index in [1.807, 2.05) is 19.1 Å². The van der Waals surface area contributed by atoms with Crippen LogP contribution in [0.5, 0.6) is 0 Å². The minimum absolute atomic E-state index is 0.216. The van der Waals surface area contributed by atoms with E-state index in [0.717, 1.165) is 5.56 Å². The Morgan fingerprint density at radius 1 is 1.28 bits per heavy atom. The van der Waals surface area contributed by atoms with Crippen LogP contribution in [0.15, 0.2) is 24.3 Å². The van der Waals surface area contributed by atoms with Crippen LogP contribution in [0.3, 0.4) is 0 Å². The molecule has 0 spiro atoms. The number of hydroxylamine groups is 1. The molecule has 0 bridgehead atoms. The summed E-state index contributed by atoms with van der Waals surface area (Å²) in [6.07, 6.45) is -0.259. The van der Waals surface area contributed by atoms with Crippen molar-refractivity contribution in [3.8, 4) is 0 Å². The van der Waals surface area contributed by atoms with Gasteiger partial charge in [0.2, 0.25) is 0 Å². The van der Waals surface area contributed by atoms with Gasteiger partial charge in [0.25, 0.3) is 0 Å². The molecule has 0 aliphatic carbocycles. The fraction of sp³-hybridized carbons (Fsp3) is 0.417. The Hall–Kier alpha value is -1.30. The van der Waals surface area contributed by atoms with Gasteiger partial charge in [0.05, 0.1) is 13.2 Å². The second kappa shape index (κ2) is 7.20. The SMILES string of the molecule is CONC(=O)NC(C)C(OC)c1ccc(Cl)cc1. The predicted octanol–water partition coefficient (Wildman–Crippen LogP) is 2.28.